The molecule has 0 saturated carbocycles. The predicted molar refractivity (Wildman–Crippen MR) is 123 cm³/mol. The first-order valence-corrected chi connectivity index (χ1v) is 10.2. The van der Waals surface area contributed by atoms with Gasteiger partial charge in [0.25, 0.3) is 5.91 Å². The standard InChI is InChI=1S/C26H21N3O3/c30-24(20-8-2-1-3-9-20)22-10-4-5-11-23(22)25(31)27-16-6-7-19-12-14-21(15-13-19)29-18-17-28-26(29)32/h1-5,8-15H,16-18H2,(H,27,31)(H,28,32). The van der Waals surface area contributed by atoms with Gasteiger partial charge in [0.05, 0.1) is 12.1 Å². The summed E-state index contributed by atoms with van der Waals surface area (Å²) in [4.78, 5) is 38.8. The number of amides is 3. The quantitative estimate of drug-likeness (QED) is 0.489. The van der Waals surface area contributed by atoms with Crippen LogP contribution in [-0.4, -0.2) is 37.4 Å². The highest BCUT2D eigenvalue weighted by Gasteiger charge is 2.20. The Morgan fingerprint density at radius 2 is 1.59 bits per heavy atom. The van der Waals surface area contributed by atoms with E-state index in [4.69, 9.17) is 0 Å². The summed E-state index contributed by atoms with van der Waals surface area (Å²) in [5.41, 5.74) is 2.80. The van der Waals surface area contributed by atoms with Crippen LogP contribution in [0.5, 0.6) is 0 Å². The van der Waals surface area contributed by atoms with Gasteiger partial charge in [0.2, 0.25) is 0 Å². The summed E-state index contributed by atoms with van der Waals surface area (Å²) in [6.07, 6.45) is 0. The molecule has 1 aliphatic rings. The van der Waals surface area contributed by atoms with E-state index in [-0.39, 0.29) is 24.3 Å². The van der Waals surface area contributed by atoms with Crippen LogP contribution in [0, 0.1) is 11.8 Å². The zero-order chi connectivity index (χ0) is 22.3. The van der Waals surface area contributed by atoms with Gasteiger partial charge in [-0.1, -0.05) is 60.4 Å². The topological polar surface area (TPSA) is 78.5 Å². The van der Waals surface area contributed by atoms with Crippen molar-refractivity contribution in [2.75, 3.05) is 24.5 Å². The fourth-order valence-electron chi connectivity index (χ4n) is 3.43. The molecule has 3 aromatic carbocycles. The molecule has 0 bridgehead atoms. The second-order valence-corrected chi connectivity index (χ2v) is 7.16. The fraction of sp³-hybridized carbons (Fsp3) is 0.115. The average Bonchev–Trinajstić information content (AvgIpc) is 3.28. The highest BCUT2D eigenvalue weighted by Crippen LogP contribution is 2.17. The van der Waals surface area contributed by atoms with Gasteiger partial charge in [-0.25, -0.2) is 4.79 Å². The lowest BCUT2D eigenvalue weighted by Crippen LogP contribution is -2.27. The molecule has 1 saturated heterocycles. The highest BCUT2D eigenvalue weighted by atomic mass is 16.2. The minimum Gasteiger partial charge on any atom is -0.341 e. The first-order chi connectivity index (χ1) is 15.6. The molecule has 0 radical (unpaired) electrons. The van der Waals surface area contributed by atoms with E-state index in [0.29, 0.717) is 29.8 Å². The van der Waals surface area contributed by atoms with Crippen molar-refractivity contribution in [3.63, 3.8) is 0 Å². The molecule has 0 aromatic heterocycles. The number of benzene rings is 3. The maximum Gasteiger partial charge on any atom is 0.321 e. The Morgan fingerprint density at radius 1 is 0.906 bits per heavy atom. The van der Waals surface area contributed by atoms with Gasteiger partial charge in [-0.2, -0.15) is 0 Å². The van der Waals surface area contributed by atoms with Crippen molar-refractivity contribution in [3.8, 4) is 11.8 Å². The molecule has 0 aliphatic carbocycles. The number of nitrogens with zero attached hydrogens (tertiary/aromatic N) is 1. The summed E-state index contributed by atoms with van der Waals surface area (Å²) in [6, 6.07) is 22.9. The Kier molecular flexibility index (Phi) is 6.28. The number of anilines is 1. The first-order valence-electron chi connectivity index (χ1n) is 10.2. The molecular formula is C26H21N3O3. The monoisotopic (exact) mass is 423 g/mol. The number of ketones is 1. The second-order valence-electron chi connectivity index (χ2n) is 7.16. The summed E-state index contributed by atoms with van der Waals surface area (Å²) in [5, 5.41) is 5.52. The molecule has 1 heterocycles. The summed E-state index contributed by atoms with van der Waals surface area (Å²) < 4.78 is 0. The highest BCUT2D eigenvalue weighted by molar-refractivity contribution is 6.15. The molecule has 1 fully saturated rings. The number of hydrogen-bond donors (Lipinski definition) is 2. The van der Waals surface area contributed by atoms with E-state index >= 15 is 0 Å². The van der Waals surface area contributed by atoms with Gasteiger partial charge < -0.3 is 10.6 Å². The third kappa shape index (κ3) is 4.68. The summed E-state index contributed by atoms with van der Waals surface area (Å²) in [7, 11) is 0. The molecule has 158 valence electrons. The maximum atomic E-state index is 12.8. The number of carbonyl (C=O) groups is 3. The van der Waals surface area contributed by atoms with Gasteiger partial charge in [0.1, 0.15) is 0 Å². The number of nitrogens with one attached hydrogen (secondary N) is 2. The number of carbonyl (C=O) groups excluding carboxylic acids is 3. The van der Waals surface area contributed by atoms with Crippen LogP contribution >= 0.6 is 0 Å². The van der Waals surface area contributed by atoms with Gasteiger partial charge in [0.15, 0.2) is 5.78 Å². The Morgan fingerprint density at radius 3 is 2.28 bits per heavy atom. The van der Waals surface area contributed by atoms with E-state index in [2.05, 4.69) is 22.5 Å². The van der Waals surface area contributed by atoms with Crippen LogP contribution in [0.25, 0.3) is 0 Å². The molecule has 0 atom stereocenters. The van der Waals surface area contributed by atoms with E-state index in [9.17, 15) is 14.4 Å². The average molecular weight is 423 g/mol. The summed E-state index contributed by atoms with van der Waals surface area (Å²) in [6.45, 7) is 1.42. The maximum absolute atomic E-state index is 12.8. The number of hydrogen-bond acceptors (Lipinski definition) is 3. The zero-order valence-electron chi connectivity index (χ0n) is 17.3. The van der Waals surface area contributed by atoms with Crippen LogP contribution in [0.4, 0.5) is 10.5 Å². The van der Waals surface area contributed by atoms with Crippen molar-refractivity contribution in [2.24, 2.45) is 0 Å². The van der Waals surface area contributed by atoms with Gasteiger partial charge in [0, 0.05) is 35.5 Å². The molecule has 6 heteroatoms. The van der Waals surface area contributed by atoms with Crippen molar-refractivity contribution in [2.45, 2.75) is 0 Å². The van der Waals surface area contributed by atoms with Crippen molar-refractivity contribution in [1.82, 2.24) is 10.6 Å². The SMILES string of the molecule is O=C(NCC#Cc1ccc(N2CCNC2=O)cc1)c1ccccc1C(=O)c1ccccc1. The van der Waals surface area contributed by atoms with E-state index in [1.807, 2.05) is 30.3 Å². The van der Waals surface area contributed by atoms with E-state index in [1.54, 1.807) is 53.4 Å². The number of urea groups is 1. The molecule has 32 heavy (non-hydrogen) atoms. The molecule has 1 aliphatic heterocycles. The smallest absolute Gasteiger partial charge is 0.321 e. The van der Waals surface area contributed by atoms with Crippen molar-refractivity contribution in [1.29, 1.82) is 0 Å². The van der Waals surface area contributed by atoms with Crippen molar-refractivity contribution in [3.05, 3.63) is 101 Å². The van der Waals surface area contributed by atoms with Crippen LogP contribution in [0.2, 0.25) is 0 Å². The van der Waals surface area contributed by atoms with Gasteiger partial charge in [-0.15, -0.1) is 0 Å². The van der Waals surface area contributed by atoms with Gasteiger partial charge in [-0.3, -0.25) is 14.5 Å². The molecule has 4 rings (SSSR count). The zero-order valence-corrected chi connectivity index (χ0v) is 17.3. The van der Waals surface area contributed by atoms with Crippen LogP contribution in [-0.2, 0) is 0 Å². The normalized spacial score (nSPS) is 12.5. The lowest BCUT2D eigenvalue weighted by Gasteiger charge is -2.13. The Balaban J connectivity index is 1.39. The van der Waals surface area contributed by atoms with Crippen molar-refractivity contribution < 1.29 is 14.4 Å². The minimum absolute atomic E-state index is 0.0995. The van der Waals surface area contributed by atoms with Crippen molar-refractivity contribution >= 4 is 23.4 Å². The Labute approximate surface area is 186 Å². The molecule has 0 spiro atoms. The minimum atomic E-state index is -0.352. The third-order valence-corrected chi connectivity index (χ3v) is 5.06. The Bertz CT molecular complexity index is 1210. The molecule has 0 unspecified atom stereocenters. The first kappa shape index (κ1) is 20.9. The Hall–Kier alpha value is -4.37. The lowest BCUT2D eigenvalue weighted by molar-refractivity contribution is 0.0946. The third-order valence-electron chi connectivity index (χ3n) is 5.06. The summed E-state index contributed by atoms with van der Waals surface area (Å²) >= 11 is 0. The van der Waals surface area contributed by atoms with Crippen LogP contribution in [0.3, 0.4) is 0 Å². The fourth-order valence-corrected chi connectivity index (χ4v) is 3.43. The van der Waals surface area contributed by atoms with Gasteiger partial charge in [-0.05, 0) is 30.3 Å². The summed E-state index contributed by atoms with van der Waals surface area (Å²) in [5.74, 6) is 5.36. The molecular weight excluding hydrogens is 402 g/mol. The predicted octanol–water partition coefficient (Wildman–Crippen LogP) is 3.23. The van der Waals surface area contributed by atoms with Gasteiger partial charge >= 0.3 is 6.03 Å². The van der Waals surface area contributed by atoms with E-state index < -0.39 is 0 Å². The van der Waals surface area contributed by atoms with Crippen LogP contribution < -0.4 is 15.5 Å². The van der Waals surface area contributed by atoms with Crippen LogP contribution in [0.1, 0.15) is 31.8 Å². The molecule has 6 nitrogen and oxygen atoms in total. The second kappa shape index (κ2) is 9.63. The molecule has 2 N–H and O–H groups in total. The lowest BCUT2D eigenvalue weighted by atomic mass is 9.98. The molecule has 3 amide bonds. The number of rotatable bonds is 5. The van der Waals surface area contributed by atoms with Crippen LogP contribution in [0.15, 0.2) is 78.9 Å². The molecule has 3 aromatic rings. The van der Waals surface area contributed by atoms with E-state index in [1.165, 1.54) is 0 Å². The largest absolute Gasteiger partial charge is 0.341 e. The van der Waals surface area contributed by atoms with E-state index in [0.717, 1.165) is 11.3 Å².